The second-order valence-electron chi connectivity index (χ2n) is 14.5. The maximum Gasteiger partial charge on any atom is 0.358 e. The summed E-state index contributed by atoms with van der Waals surface area (Å²) >= 11 is 5.41. The molecule has 4 aliphatic rings. The lowest BCUT2D eigenvalue weighted by Crippen LogP contribution is -2.54. The Balaban J connectivity index is 1.18. The predicted molar refractivity (Wildman–Crippen MR) is 158 cm³/mol. The molecule has 4 saturated carbocycles. The molecule has 0 bridgehead atoms. The molecule has 0 spiro atoms. The van der Waals surface area contributed by atoms with Crippen LogP contribution in [0.2, 0.25) is 0 Å². The summed E-state index contributed by atoms with van der Waals surface area (Å²) in [7, 11) is 0. The summed E-state index contributed by atoms with van der Waals surface area (Å²) in [6.07, 6.45) is 16.3. The molecule has 0 saturated heterocycles. The van der Waals surface area contributed by atoms with E-state index in [9.17, 15) is 4.39 Å². The van der Waals surface area contributed by atoms with Crippen molar-refractivity contribution in [3.8, 4) is 5.75 Å². The molecule has 0 unspecified atom stereocenters. The van der Waals surface area contributed by atoms with Crippen LogP contribution in [0.3, 0.4) is 0 Å². The monoisotopic (exact) mass is 542 g/mol. The number of hydrogen-bond acceptors (Lipinski definition) is 3. The van der Waals surface area contributed by atoms with Crippen LogP contribution in [0.5, 0.6) is 5.75 Å². The lowest BCUT2D eigenvalue weighted by molar-refractivity contribution is -0.128. The van der Waals surface area contributed by atoms with Gasteiger partial charge in [-0.25, -0.2) is 4.39 Å². The van der Waals surface area contributed by atoms with E-state index >= 15 is 0 Å². The van der Waals surface area contributed by atoms with E-state index in [2.05, 4.69) is 34.6 Å². The highest BCUT2D eigenvalue weighted by molar-refractivity contribution is 7.79. The van der Waals surface area contributed by atoms with Crippen LogP contribution in [0.15, 0.2) is 24.3 Å². The first-order valence-electron chi connectivity index (χ1n) is 15.7. The molecule has 1 aromatic carbocycles. The molecule has 0 N–H and O–H groups in total. The smallest absolute Gasteiger partial charge is 0.358 e. The van der Waals surface area contributed by atoms with Crippen LogP contribution in [0.1, 0.15) is 112 Å². The molecule has 4 fully saturated rings. The molecule has 0 heterocycles. The van der Waals surface area contributed by atoms with Gasteiger partial charge >= 0.3 is 5.24 Å². The highest BCUT2D eigenvalue weighted by Crippen LogP contribution is 2.68. The fourth-order valence-corrected chi connectivity index (χ4v) is 10.3. The number of rotatable bonds is 7. The summed E-state index contributed by atoms with van der Waals surface area (Å²) in [5, 5.41) is 0.173. The Morgan fingerprint density at radius 2 is 1.63 bits per heavy atom. The molecule has 38 heavy (non-hydrogen) atoms. The Labute approximate surface area is 236 Å². The Hall–Kier alpha value is -1.16. The zero-order chi connectivity index (χ0) is 27.1. The van der Waals surface area contributed by atoms with Crippen LogP contribution in [-0.2, 0) is 4.74 Å². The van der Waals surface area contributed by atoms with Crippen molar-refractivity contribution >= 4 is 17.5 Å². The summed E-state index contributed by atoms with van der Waals surface area (Å²) in [4.78, 5) is 0. The number of thiocarbonyl (C=S) groups is 1. The van der Waals surface area contributed by atoms with Gasteiger partial charge in [0, 0.05) is 12.2 Å². The lowest BCUT2D eigenvalue weighted by Gasteiger charge is -2.61. The number of hydrogen-bond donors (Lipinski definition) is 0. The van der Waals surface area contributed by atoms with E-state index in [4.69, 9.17) is 21.7 Å². The van der Waals surface area contributed by atoms with Crippen LogP contribution in [-0.4, -0.2) is 11.3 Å². The minimum Gasteiger partial charge on any atom is -0.453 e. The minimum absolute atomic E-state index is 0.133. The molecule has 4 heteroatoms. The van der Waals surface area contributed by atoms with Crippen molar-refractivity contribution in [2.45, 2.75) is 118 Å². The minimum atomic E-state index is -0.279. The van der Waals surface area contributed by atoms with E-state index < -0.39 is 0 Å². The second kappa shape index (κ2) is 11.4. The van der Waals surface area contributed by atoms with Gasteiger partial charge in [-0.05, 0) is 134 Å². The summed E-state index contributed by atoms with van der Waals surface area (Å²) in [5.41, 5.74) is 0.996. The van der Waals surface area contributed by atoms with Crippen LogP contribution in [0, 0.1) is 58.1 Å². The van der Waals surface area contributed by atoms with Crippen molar-refractivity contribution in [3.63, 3.8) is 0 Å². The van der Waals surface area contributed by atoms with Gasteiger partial charge in [0.2, 0.25) is 0 Å². The average molecular weight is 543 g/mol. The fraction of sp³-hybridized carbons (Fsp3) is 0.794. The maximum absolute atomic E-state index is 13.2. The van der Waals surface area contributed by atoms with Crippen LogP contribution < -0.4 is 4.74 Å². The summed E-state index contributed by atoms with van der Waals surface area (Å²) in [6, 6.07) is 5.97. The Morgan fingerprint density at radius 1 is 0.921 bits per heavy atom. The molecule has 0 aliphatic heterocycles. The van der Waals surface area contributed by atoms with Crippen molar-refractivity contribution in [3.05, 3.63) is 30.1 Å². The summed E-state index contributed by atoms with van der Waals surface area (Å²) in [5.74, 6) is 6.33. The van der Waals surface area contributed by atoms with Gasteiger partial charge in [-0.15, -0.1) is 0 Å². The Morgan fingerprint density at radius 3 is 2.37 bits per heavy atom. The van der Waals surface area contributed by atoms with Gasteiger partial charge in [0.1, 0.15) is 17.7 Å². The van der Waals surface area contributed by atoms with Gasteiger partial charge in [-0.2, -0.15) is 0 Å². The first-order chi connectivity index (χ1) is 18.1. The zero-order valence-electron chi connectivity index (χ0n) is 24.5. The van der Waals surface area contributed by atoms with E-state index in [-0.39, 0.29) is 17.2 Å². The molecule has 0 aromatic heterocycles. The van der Waals surface area contributed by atoms with Gasteiger partial charge < -0.3 is 9.47 Å². The topological polar surface area (TPSA) is 18.5 Å². The molecule has 9 atom stereocenters. The van der Waals surface area contributed by atoms with Crippen LogP contribution >= 0.6 is 12.2 Å². The average Bonchev–Trinajstić information content (AvgIpc) is 3.23. The van der Waals surface area contributed by atoms with E-state index in [1.165, 1.54) is 76.3 Å². The Bertz CT molecular complexity index is 962. The largest absolute Gasteiger partial charge is 0.453 e. The van der Waals surface area contributed by atoms with Gasteiger partial charge in [-0.3, -0.25) is 0 Å². The highest BCUT2D eigenvalue weighted by atomic mass is 32.1. The zero-order valence-corrected chi connectivity index (χ0v) is 25.3. The second-order valence-corrected chi connectivity index (χ2v) is 14.8. The molecular weight excluding hydrogens is 491 g/mol. The molecule has 5 rings (SSSR count). The molecular formula is C34H51FO2S. The van der Waals surface area contributed by atoms with Crippen LogP contribution in [0.4, 0.5) is 4.39 Å². The first kappa shape index (κ1) is 28.4. The van der Waals surface area contributed by atoms with Crippen molar-refractivity contribution in [2.24, 2.45) is 52.3 Å². The third-order valence-corrected chi connectivity index (χ3v) is 12.3. The van der Waals surface area contributed by atoms with E-state index in [1.54, 1.807) is 12.1 Å². The van der Waals surface area contributed by atoms with E-state index in [1.807, 2.05) is 0 Å². The number of halogens is 1. The normalized spacial score (nSPS) is 39.1. The van der Waals surface area contributed by atoms with E-state index in [0.717, 1.165) is 48.3 Å². The third kappa shape index (κ3) is 5.54. The predicted octanol–water partition coefficient (Wildman–Crippen LogP) is 10.00. The number of benzene rings is 1. The van der Waals surface area contributed by atoms with Crippen LogP contribution in [0.25, 0.3) is 0 Å². The molecule has 0 radical (unpaired) electrons. The van der Waals surface area contributed by atoms with Gasteiger partial charge in [0.25, 0.3) is 0 Å². The van der Waals surface area contributed by atoms with Crippen molar-refractivity contribution < 1.29 is 13.9 Å². The standard InChI is InChI=1S/C34H51FO2S/c1-22(2)7-6-8-23(3)29-15-16-30-28-14-9-24-21-27(37-32(38)36-26-12-10-25(35)11-13-26)17-19-33(24,4)31(28)18-20-34(29,30)5/h10-13,22-24,27-31H,6-9,14-21H2,1-5H3/t23-,24+,27+,28+,29-,30+,31+,33+,34-/m1/s1. The third-order valence-electron chi connectivity index (χ3n) is 12.1. The lowest BCUT2D eigenvalue weighted by atomic mass is 9.44. The first-order valence-corrected chi connectivity index (χ1v) is 16.1. The quantitative estimate of drug-likeness (QED) is 0.319. The van der Waals surface area contributed by atoms with Gasteiger partial charge in [-0.1, -0.05) is 53.9 Å². The molecule has 2 nitrogen and oxygen atoms in total. The Kier molecular flexibility index (Phi) is 8.49. The van der Waals surface area contributed by atoms with Crippen molar-refractivity contribution in [1.82, 2.24) is 0 Å². The molecule has 212 valence electrons. The maximum atomic E-state index is 13.2. The SMILES string of the molecule is CC(C)CCC[C@@H](C)[C@H]1CC[C@H]2[C@@H]3CC[C@H]4C[C@@H](OC(=S)Oc5ccc(F)cc5)CC[C@]4(C)[C@H]3CC[C@]12C. The molecule has 1 aromatic rings. The fourth-order valence-electron chi connectivity index (χ4n) is 10.1. The highest BCUT2D eigenvalue weighted by Gasteiger charge is 2.60. The van der Waals surface area contributed by atoms with Gasteiger partial charge in [0.15, 0.2) is 0 Å². The number of fused-ring (bicyclic) bond motifs is 5. The summed E-state index contributed by atoms with van der Waals surface area (Å²) < 4.78 is 25.0. The summed E-state index contributed by atoms with van der Waals surface area (Å²) in [6.45, 7) is 12.6. The number of ether oxygens (including phenoxy) is 2. The van der Waals surface area contributed by atoms with Gasteiger partial charge in [0.05, 0.1) is 0 Å². The molecule has 4 aliphatic carbocycles. The molecule has 0 amide bonds. The van der Waals surface area contributed by atoms with Crippen molar-refractivity contribution in [1.29, 1.82) is 0 Å². The van der Waals surface area contributed by atoms with Crippen molar-refractivity contribution in [2.75, 3.05) is 0 Å². The van der Waals surface area contributed by atoms with E-state index in [0.29, 0.717) is 22.5 Å².